The molecule has 1 saturated heterocycles. The molecule has 2 rings (SSSR count). The number of nitrogens with two attached hydrogens (primary N) is 1. The molecule has 1 amide bonds. The summed E-state index contributed by atoms with van der Waals surface area (Å²) in [5.74, 6) is 0.494. The quantitative estimate of drug-likeness (QED) is 0.863. The normalized spacial score (nSPS) is 21.7. The van der Waals surface area contributed by atoms with Crippen molar-refractivity contribution in [3.05, 3.63) is 29.6 Å². The molecule has 2 N–H and O–H groups in total. The highest BCUT2D eigenvalue weighted by molar-refractivity contribution is 5.94. The Balaban J connectivity index is 2.06. The Morgan fingerprint density at radius 2 is 2.33 bits per heavy atom. The van der Waals surface area contributed by atoms with Crippen molar-refractivity contribution >= 4 is 5.91 Å². The molecule has 0 radical (unpaired) electrons. The number of rotatable bonds is 2. The Morgan fingerprint density at radius 1 is 1.56 bits per heavy atom. The lowest BCUT2D eigenvalue weighted by Gasteiger charge is -2.34. The maximum absolute atomic E-state index is 12.3. The van der Waals surface area contributed by atoms with Gasteiger partial charge in [-0.1, -0.05) is 0 Å². The van der Waals surface area contributed by atoms with E-state index in [-0.39, 0.29) is 11.9 Å². The van der Waals surface area contributed by atoms with Crippen molar-refractivity contribution in [2.75, 3.05) is 13.1 Å². The topological polar surface area (TPSA) is 59.2 Å². The van der Waals surface area contributed by atoms with Gasteiger partial charge in [0.25, 0.3) is 5.91 Å². The van der Waals surface area contributed by atoms with Gasteiger partial charge in [-0.3, -0.25) is 9.78 Å². The largest absolute Gasteiger partial charge is 0.338 e. The summed E-state index contributed by atoms with van der Waals surface area (Å²) in [6.07, 6.45) is 3.82. The molecule has 98 valence electrons. The molecule has 2 unspecified atom stereocenters. The molecule has 4 nitrogen and oxygen atoms in total. The van der Waals surface area contributed by atoms with Crippen molar-refractivity contribution < 1.29 is 4.79 Å². The number of aryl methyl sites for hydroxylation is 1. The Hall–Kier alpha value is -1.42. The number of hydrogen-bond donors (Lipinski definition) is 1. The van der Waals surface area contributed by atoms with E-state index in [1.54, 1.807) is 6.20 Å². The Morgan fingerprint density at radius 3 is 2.94 bits per heavy atom. The van der Waals surface area contributed by atoms with Crippen molar-refractivity contribution in [2.24, 2.45) is 11.7 Å². The van der Waals surface area contributed by atoms with Crippen molar-refractivity contribution in [1.29, 1.82) is 0 Å². The molecule has 1 aliphatic heterocycles. The fourth-order valence-electron chi connectivity index (χ4n) is 2.40. The maximum atomic E-state index is 12.3. The predicted octanol–water partition coefficient (Wildman–Crippen LogP) is 1.59. The fourth-order valence-corrected chi connectivity index (χ4v) is 2.40. The van der Waals surface area contributed by atoms with Crippen LogP contribution in [0.1, 0.15) is 35.8 Å². The van der Waals surface area contributed by atoms with E-state index in [9.17, 15) is 4.79 Å². The fraction of sp³-hybridized carbons (Fsp3) is 0.571. The van der Waals surface area contributed by atoms with Gasteiger partial charge in [-0.15, -0.1) is 0 Å². The molecule has 2 atom stereocenters. The summed E-state index contributed by atoms with van der Waals surface area (Å²) in [5, 5.41) is 0. The minimum absolute atomic E-state index is 0.0767. The lowest BCUT2D eigenvalue weighted by molar-refractivity contribution is 0.0660. The number of hydrogen-bond acceptors (Lipinski definition) is 3. The summed E-state index contributed by atoms with van der Waals surface area (Å²) in [6.45, 7) is 5.54. The third-order valence-corrected chi connectivity index (χ3v) is 3.65. The van der Waals surface area contributed by atoms with Gasteiger partial charge in [0.1, 0.15) is 0 Å². The van der Waals surface area contributed by atoms with Gasteiger partial charge in [0.05, 0.1) is 5.56 Å². The third-order valence-electron chi connectivity index (χ3n) is 3.65. The Kier molecular flexibility index (Phi) is 3.97. The van der Waals surface area contributed by atoms with Crippen molar-refractivity contribution in [3.8, 4) is 0 Å². The van der Waals surface area contributed by atoms with E-state index in [0.29, 0.717) is 11.5 Å². The van der Waals surface area contributed by atoms with Crippen LogP contribution in [0.15, 0.2) is 18.3 Å². The van der Waals surface area contributed by atoms with Crippen molar-refractivity contribution in [3.63, 3.8) is 0 Å². The summed E-state index contributed by atoms with van der Waals surface area (Å²) in [4.78, 5) is 18.4. The van der Waals surface area contributed by atoms with Gasteiger partial charge in [-0.05, 0) is 44.7 Å². The zero-order chi connectivity index (χ0) is 13.1. The minimum Gasteiger partial charge on any atom is -0.338 e. The molecule has 1 fully saturated rings. The second-order valence-corrected chi connectivity index (χ2v) is 5.20. The second kappa shape index (κ2) is 5.48. The van der Waals surface area contributed by atoms with E-state index in [4.69, 9.17) is 5.73 Å². The first kappa shape index (κ1) is 13.0. The van der Waals surface area contributed by atoms with Gasteiger partial charge < -0.3 is 10.6 Å². The van der Waals surface area contributed by atoms with E-state index >= 15 is 0 Å². The summed E-state index contributed by atoms with van der Waals surface area (Å²) in [6, 6.07) is 3.87. The zero-order valence-corrected chi connectivity index (χ0v) is 11.1. The van der Waals surface area contributed by atoms with Gasteiger partial charge in [0.2, 0.25) is 0 Å². The summed E-state index contributed by atoms with van der Waals surface area (Å²) >= 11 is 0. The monoisotopic (exact) mass is 247 g/mol. The van der Waals surface area contributed by atoms with Crippen molar-refractivity contribution in [2.45, 2.75) is 32.7 Å². The van der Waals surface area contributed by atoms with Gasteiger partial charge in [0, 0.05) is 31.0 Å². The molecule has 0 aliphatic carbocycles. The van der Waals surface area contributed by atoms with E-state index in [1.807, 2.05) is 30.9 Å². The molecule has 0 bridgehead atoms. The van der Waals surface area contributed by atoms with E-state index in [2.05, 4.69) is 4.98 Å². The van der Waals surface area contributed by atoms with Crippen LogP contribution in [0.4, 0.5) is 0 Å². The van der Waals surface area contributed by atoms with Gasteiger partial charge >= 0.3 is 0 Å². The van der Waals surface area contributed by atoms with Crippen LogP contribution in [0.25, 0.3) is 0 Å². The minimum atomic E-state index is 0.0767. The number of amides is 1. The molecule has 4 heteroatoms. The predicted molar refractivity (Wildman–Crippen MR) is 71.3 cm³/mol. The van der Waals surface area contributed by atoms with Crippen LogP contribution >= 0.6 is 0 Å². The number of nitrogens with zero attached hydrogens (tertiary/aromatic N) is 2. The number of carbonyl (C=O) groups excluding carboxylic acids is 1. The standard InChI is InChI=1S/C14H21N3O/c1-10-5-6-12(8-16-10)14(18)17-7-3-4-13(9-17)11(2)15/h5-6,8,11,13H,3-4,7,9,15H2,1-2H3. The first-order valence-corrected chi connectivity index (χ1v) is 6.55. The Bertz CT molecular complexity index is 414. The molecule has 1 aromatic heterocycles. The average Bonchev–Trinajstić information content (AvgIpc) is 2.39. The van der Waals surface area contributed by atoms with Crippen LogP contribution in [0.2, 0.25) is 0 Å². The third kappa shape index (κ3) is 2.88. The first-order valence-electron chi connectivity index (χ1n) is 6.55. The molecule has 0 spiro atoms. The summed E-state index contributed by atoms with van der Waals surface area (Å²) < 4.78 is 0. The van der Waals surface area contributed by atoms with Gasteiger partial charge in [0.15, 0.2) is 0 Å². The van der Waals surface area contributed by atoms with E-state index < -0.39 is 0 Å². The highest BCUT2D eigenvalue weighted by atomic mass is 16.2. The average molecular weight is 247 g/mol. The number of piperidine rings is 1. The number of pyridine rings is 1. The lowest BCUT2D eigenvalue weighted by atomic mass is 9.92. The number of likely N-dealkylation sites (tertiary alicyclic amines) is 1. The van der Waals surface area contributed by atoms with Crippen LogP contribution in [0.5, 0.6) is 0 Å². The lowest BCUT2D eigenvalue weighted by Crippen LogP contribution is -2.45. The zero-order valence-electron chi connectivity index (χ0n) is 11.1. The van der Waals surface area contributed by atoms with Crippen LogP contribution in [0.3, 0.4) is 0 Å². The summed E-state index contributed by atoms with van der Waals surface area (Å²) in [5.41, 5.74) is 7.54. The molecule has 2 heterocycles. The van der Waals surface area contributed by atoms with Crippen LogP contribution in [-0.4, -0.2) is 34.9 Å². The van der Waals surface area contributed by atoms with E-state index in [0.717, 1.165) is 31.6 Å². The SMILES string of the molecule is Cc1ccc(C(=O)N2CCCC(C(C)N)C2)cn1. The number of carbonyl (C=O) groups is 1. The highest BCUT2D eigenvalue weighted by Gasteiger charge is 2.26. The molecule has 1 aromatic rings. The molecule has 1 aliphatic rings. The summed E-state index contributed by atoms with van der Waals surface area (Å²) in [7, 11) is 0. The first-order chi connectivity index (χ1) is 8.58. The molecule has 0 saturated carbocycles. The van der Waals surface area contributed by atoms with Gasteiger partial charge in [-0.2, -0.15) is 0 Å². The highest BCUT2D eigenvalue weighted by Crippen LogP contribution is 2.20. The van der Waals surface area contributed by atoms with Crippen LogP contribution in [-0.2, 0) is 0 Å². The van der Waals surface area contributed by atoms with Crippen molar-refractivity contribution in [1.82, 2.24) is 9.88 Å². The molecular formula is C14H21N3O. The second-order valence-electron chi connectivity index (χ2n) is 5.20. The van der Waals surface area contributed by atoms with E-state index in [1.165, 1.54) is 0 Å². The molecular weight excluding hydrogens is 226 g/mol. The van der Waals surface area contributed by atoms with Gasteiger partial charge in [-0.25, -0.2) is 0 Å². The van der Waals surface area contributed by atoms with Crippen LogP contribution < -0.4 is 5.73 Å². The smallest absolute Gasteiger partial charge is 0.255 e. The number of aromatic nitrogens is 1. The molecule has 18 heavy (non-hydrogen) atoms. The Labute approximate surface area is 108 Å². The van der Waals surface area contributed by atoms with Crippen LogP contribution in [0, 0.1) is 12.8 Å². The molecule has 0 aromatic carbocycles. The maximum Gasteiger partial charge on any atom is 0.255 e.